The number of furan rings is 1. The fraction of sp³-hybridized carbons (Fsp3) is 0.643. The van der Waals surface area contributed by atoms with Gasteiger partial charge >= 0.3 is 5.97 Å². The van der Waals surface area contributed by atoms with Crippen LogP contribution >= 0.6 is 0 Å². The van der Waals surface area contributed by atoms with Gasteiger partial charge in [0.25, 0.3) is 0 Å². The second-order valence-electron chi connectivity index (χ2n) is 5.22. The lowest BCUT2D eigenvalue weighted by Crippen LogP contribution is -2.43. The van der Waals surface area contributed by atoms with Gasteiger partial charge in [0, 0.05) is 24.7 Å². The summed E-state index contributed by atoms with van der Waals surface area (Å²) in [6.07, 6.45) is 3.87. The second kappa shape index (κ2) is 6.21. The number of esters is 1. The van der Waals surface area contributed by atoms with Crippen LogP contribution in [0, 0.1) is 5.92 Å². The van der Waals surface area contributed by atoms with Gasteiger partial charge in [-0.1, -0.05) is 0 Å². The van der Waals surface area contributed by atoms with Crippen molar-refractivity contribution in [2.75, 3.05) is 20.2 Å². The minimum absolute atomic E-state index is 0.310. The maximum Gasteiger partial charge on any atom is 0.374 e. The zero-order chi connectivity index (χ0) is 13.8. The lowest BCUT2D eigenvalue weighted by atomic mass is 9.93. The van der Waals surface area contributed by atoms with Crippen molar-refractivity contribution in [1.29, 1.82) is 0 Å². The molecule has 0 amide bonds. The van der Waals surface area contributed by atoms with Crippen molar-refractivity contribution in [3.05, 3.63) is 23.7 Å². The van der Waals surface area contributed by atoms with Crippen LogP contribution in [0.3, 0.4) is 0 Å². The van der Waals surface area contributed by atoms with Gasteiger partial charge in [0.05, 0.1) is 13.4 Å². The van der Waals surface area contributed by atoms with Crippen molar-refractivity contribution in [1.82, 2.24) is 4.90 Å². The molecular formula is C14H22N2O3. The zero-order valence-corrected chi connectivity index (χ0v) is 11.6. The molecule has 1 aliphatic rings. The first-order chi connectivity index (χ1) is 9.15. The van der Waals surface area contributed by atoms with Crippen LogP contribution in [0.1, 0.15) is 35.9 Å². The Balaban J connectivity index is 2.07. The molecule has 2 N–H and O–H groups in total. The van der Waals surface area contributed by atoms with Crippen molar-refractivity contribution < 1.29 is 13.9 Å². The molecule has 2 heterocycles. The van der Waals surface area contributed by atoms with Crippen LogP contribution < -0.4 is 5.73 Å². The maximum atomic E-state index is 11.6. The normalized spacial score (nSPS) is 24.4. The van der Waals surface area contributed by atoms with Gasteiger partial charge in [0.2, 0.25) is 5.76 Å². The quantitative estimate of drug-likeness (QED) is 0.839. The Morgan fingerprint density at radius 2 is 2.37 bits per heavy atom. The topological polar surface area (TPSA) is 68.7 Å². The number of piperidine rings is 1. The standard InChI is InChI=1S/C14H22N2O3/c1-10-3-4-11(7-15)8-16(10)9-12-5-6-19-13(12)14(17)18-2/h5-6,10-11H,3-4,7-9,15H2,1-2H3. The first-order valence-corrected chi connectivity index (χ1v) is 6.74. The first-order valence-electron chi connectivity index (χ1n) is 6.74. The predicted octanol–water partition coefficient (Wildman–Crippen LogP) is 1.63. The van der Waals surface area contributed by atoms with E-state index in [0.717, 1.165) is 25.1 Å². The van der Waals surface area contributed by atoms with Crippen LogP contribution in [-0.2, 0) is 11.3 Å². The Kier molecular flexibility index (Phi) is 4.61. The van der Waals surface area contributed by atoms with Crippen LogP contribution in [0.2, 0.25) is 0 Å². The van der Waals surface area contributed by atoms with E-state index in [4.69, 9.17) is 14.9 Å². The minimum atomic E-state index is -0.417. The van der Waals surface area contributed by atoms with Crippen LogP contribution in [-0.4, -0.2) is 37.1 Å². The van der Waals surface area contributed by atoms with Gasteiger partial charge in [-0.25, -0.2) is 4.79 Å². The molecule has 1 saturated heterocycles. The summed E-state index contributed by atoms with van der Waals surface area (Å²) < 4.78 is 9.94. The maximum absolute atomic E-state index is 11.6. The van der Waals surface area contributed by atoms with Crippen molar-refractivity contribution in [2.45, 2.75) is 32.4 Å². The third kappa shape index (κ3) is 3.16. The SMILES string of the molecule is COC(=O)c1occc1CN1CC(CN)CCC1C. The smallest absolute Gasteiger partial charge is 0.374 e. The van der Waals surface area contributed by atoms with E-state index < -0.39 is 5.97 Å². The molecule has 5 nitrogen and oxygen atoms in total. The molecular weight excluding hydrogens is 244 g/mol. The molecule has 0 spiro atoms. The highest BCUT2D eigenvalue weighted by Crippen LogP contribution is 2.24. The first kappa shape index (κ1) is 14.1. The second-order valence-corrected chi connectivity index (χ2v) is 5.22. The van der Waals surface area contributed by atoms with E-state index in [1.165, 1.54) is 19.8 Å². The summed E-state index contributed by atoms with van der Waals surface area (Å²) in [5, 5.41) is 0. The molecule has 0 radical (unpaired) electrons. The fourth-order valence-corrected chi connectivity index (χ4v) is 2.63. The lowest BCUT2D eigenvalue weighted by molar-refractivity contribution is 0.0557. The van der Waals surface area contributed by atoms with Crippen LogP contribution in [0.15, 0.2) is 16.7 Å². The Bertz CT molecular complexity index is 430. The van der Waals surface area contributed by atoms with Crippen molar-refractivity contribution in [2.24, 2.45) is 11.7 Å². The van der Waals surface area contributed by atoms with Gasteiger partial charge in [-0.15, -0.1) is 0 Å². The van der Waals surface area contributed by atoms with Gasteiger partial charge in [0.15, 0.2) is 0 Å². The Morgan fingerprint density at radius 3 is 3.05 bits per heavy atom. The van der Waals surface area contributed by atoms with Gasteiger partial charge in [-0.3, -0.25) is 4.90 Å². The van der Waals surface area contributed by atoms with Gasteiger partial charge in [0.1, 0.15) is 0 Å². The van der Waals surface area contributed by atoms with Crippen molar-refractivity contribution in [3.63, 3.8) is 0 Å². The molecule has 0 aliphatic carbocycles. The highest BCUT2D eigenvalue weighted by Gasteiger charge is 2.26. The van der Waals surface area contributed by atoms with Crippen molar-refractivity contribution >= 4 is 5.97 Å². The summed E-state index contributed by atoms with van der Waals surface area (Å²) in [6.45, 7) is 4.62. The number of likely N-dealkylation sites (tertiary alicyclic amines) is 1. The number of nitrogens with two attached hydrogens (primary N) is 1. The molecule has 2 rings (SSSR count). The summed E-state index contributed by atoms with van der Waals surface area (Å²) in [5.41, 5.74) is 6.65. The van der Waals surface area contributed by atoms with Crippen molar-refractivity contribution in [3.8, 4) is 0 Å². The third-order valence-electron chi connectivity index (χ3n) is 3.93. The van der Waals surface area contributed by atoms with Gasteiger partial charge in [-0.2, -0.15) is 0 Å². The molecule has 0 aromatic carbocycles. The molecule has 1 aliphatic heterocycles. The highest BCUT2D eigenvalue weighted by atomic mass is 16.5. The number of hydrogen-bond acceptors (Lipinski definition) is 5. The molecule has 106 valence electrons. The molecule has 19 heavy (non-hydrogen) atoms. The van der Waals surface area contributed by atoms with E-state index in [2.05, 4.69) is 11.8 Å². The summed E-state index contributed by atoms with van der Waals surface area (Å²) in [4.78, 5) is 13.9. The summed E-state index contributed by atoms with van der Waals surface area (Å²) in [7, 11) is 1.36. The zero-order valence-electron chi connectivity index (χ0n) is 11.6. The van der Waals surface area contributed by atoms with E-state index in [1.54, 1.807) is 0 Å². The number of rotatable bonds is 4. The number of hydrogen-bond donors (Lipinski definition) is 1. The van der Waals surface area contributed by atoms with Gasteiger partial charge in [-0.05, 0) is 38.3 Å². The van der Waals surface area contributed by atoms with E-state index in [1.807, 2.05) is 6.07 Å². The predicted molar refractivity (Wildman–Crippen MR) is 71.7 cm³/mol. The molecule has 2 atom stereocenters. The number of carbonyl (C=O) groups excluding carboxylic acids is 1. The summed E-state index contributed by atoms with van der Waals surface area (Å²) in [5.74, 6) is 0.439. The van der Waals surface area contributed by atoms with E-state index in [-0.39, 0.29) is 0 Å². The average molecular weight is 266 g/mol. The highest BCUT2D eigenvalue weighted by molar-refractivity contribution is 5.87. The fourth-order valence-electron chi connectivity index (χ4n) is 2.63. The molecule has 1 fully saturated rings. The minimum Gasteiger partial charge on any atom is -0.463 e. The molecule has 2 unspecified atom stereocenters. The van der Waals surface area contributed by atoms with E-state index in [9.17, 15) is 4.79 Å². The third-order valence-corrected chi connectivity index (χ3v) is 3.93. The van der Waals surface area contributed by atoms with Crippen LogP contribution in [0.4, 0.5) is 0 Å². The lowest BCUT2D eigenvalue weighted by Gasteiger charge is -2.37. The number of ether oxygens (including phenoxy) is 1. The summed E-state index contributed by atoms with van der Waals surface area (Å²) >= 11 is 0. The molecule has 1 aromatic rings. The molecule has 0 saturated carbocycles. The number of methoxy groups -OCH3 is 1. The van der Waals surface area contributed by atoms with Crippen LogP contribution in [0.5, 0.6) is 0 Å². The Labute approximate surface area is 113 Å². The van der Waals surface area contributed by atoms with E-state index >= 15 is 0 Å². The summed E-state index contributed by atoms with van der Waals surface area (Å²) in [6, 6.07) is 2.34. The Hall–Kier alpha value is -1.33. The molecule has 1 aromatic heterocycles. The van der Waals surface area contributed by atoms with Gasteiger partial charge < -0.3 is 14.9 Å². The average Bonchev–Trinajstić information content (AvgIpc) is 2.88. The monoisotopic (exact) mass is 266 g/mol. The Morgan fingerprint density at radius 1 is 1.58 bits per heavy atom. The van der Waals surface area contributed by atoms with E-state index in [0.29, 0.717) is 24.3 Å². The molecule has 5 heteroatoms. The number of carbonyl (C=O) groups is 1. The largest absolute Gasteiger partial charge is 0.463 e. The number of nitrogens with zero attached hydrogens (tertiary/aromatic N) is 1. The van der Waals surface area contributed by atoms with Crippen LogP contribution in [0.25, 0.3) is 0 Å². The molecule has 0 bridgehead atoms.